The SMILES string of the molecule is CC1(C)OCC(CNC(=S)Nc2ccc(Br)cc2)O1. The Morgan fingerprint density at radius 1 is 1.42 bits per heavy atom. The Morgan fingerprint density at radius 3 is 2.68 bits per heavy atom. The van der Waals surface area contributed by atoms with Crippen LogP contribution in [-0.2, 0) is 9.47 Å². The number of hydrogen-bond acceptors (Lipinski definition) is 3. The first-order chi connectivity index (χ1) is 8.94. The summed E-state index contributed by atoms with van der Waals surface area (Å²) >= 11 is 8.62. The van der Waals surface area contributed by atoms with Gasteiger partial charge in [-0.05, 0) is 50.3 Å². The monoisotopic (exact) mass is 344 g/mol. The molecule has 0 aliphatic carbocycles. The van der Waals surface area contributed by atoms with Crippen LogP contribution >= 0.6 is 28.1 Å². The fraction of sp³-hybridized carbons (Fsp3) is 0.462. The molecule has 2 N–H and O–H groups in total. The predicted octanol–water partition coefficient (Wildman–Crippen LogP) is 2.89. The molecule has 0 saturated carbocycles. The number of rotatable bonds is 3. The lowest BCUT2D eigenvalue weighted by atomic mass is 10.3. The molecule has 1 aliphatic rings. The minimum Gasteiger partial charge on any atom is -0.360 e. The summed E-state index contributed by atoms with van der Waals surface area (Å²) in [5, 5.41) is 6.83. The zero-order chi connectivity index (χ0) is 13.9. The Labute approximate surface area is 127 Å². The highest BCUT2D eigenvalue weighted by molar-refractivity contribution is 9.10. The fourth-order valence-corrected chi connectivity index (χ4v) is 2.24. The molecule has 1 saturated heterocycles. The van der Waals surface area contributed by atoms with E-state index in [1.54, 1.807) is 0 Å². The zero-order valence-corrected chi connectivity index (χ0v) is 13.3. The maximum absolute atomic E-state index is 5.69. The van der Waals surface area contributed by atoms with Gasteiger partial charge in [-0.15, -0.1) is 0 Å². The van der Waals surface area contributed by atoms with E-state index in [1.807, 2.05) is 38.1 Å². The summed E-state index contributed by atoms with van der Waals surface area (Å²) < 4.78 is 12.2. The van der Waals surface area contributed by atoms with Gasteiger partial charge in [0.25, 0.3) is 0 Å². The Kier molecular flexibility index (Phi) is 4.78. The predicted molar refractivity (Wildman–Crippen MR) is 83.3 cm³/mol. The van der Waals surface area contributed by atoms with Crippen LogP contribution < -0.4 is 10.6 Å². The van der Waals surface area contributed by atoms with E-state index in [4.69, 9.17) is 21.7 Å². The van der Waals surface area contributed by atoms with Gasteiger partial charge in [0.2, 0.25) is 0 Å². The third kappa shape index (κ3) is 4.72. The molecule has 6 heteroatoms. The van der Waals surface area contributed by atoms with E-state index < -0.39 is 5.79 Å². The van der Waals surface area contributed by atoms with Crippen molar-refractivity contribution in [3.63, 3.8) is 0 Å². The summed E-state index contributed by atoms with van der Waals surface area (Å²) in [6.45, 7) is 5.03. The molecule has 1 aliphatic heterocycles. The molecule has 4 nitrogen and oxygen atoms in total. The third-order valence-corrected chi connectivity index (χ3v) is 3.43. The second kappa shape index (κ2) is 6.17. The topological polar surface area (TPSA) is 42.5 Å². The van der Waals surface area contributed by atoms with Crippen LogP contribution in [0.15, 0.2) is 28.7 Å². The van der Waals surface area contributed by atoms with Gasteiger partial charge < -0.3 is 20.1 Å². The van der Waals surface area contributed by atoms with E-state index in [0.29, 0.717) is 18.3 Å². The van der Waals surface area contributed by atoms with Gasteiger partial charge >= 0.3 is 0 Å². The highest BCUT2D eigenvalue weighted by Crippen LogP contribution is 2.21. The number of nitrogens with one attached hydrogen (secondary N) is 2. The molecule has 0 radical (unpaired) electrons. The van der Waals surface area contributed by atoms with Crippen molar-refractivity contribution in [2.45, 2.75) is 25.7 Å². The molecule has 0 bridgehead atoms. The van der Waals surface area contributed by atoms with Crippen LogP contribution in [0.2, 0.25) is 0 Å². The smallest absolute Gasteiger partial charge is 0.170 e. The Bertz CT molecular complexity index is 450. The van der Waals surface area contributed by atoms with E-state index in [2.05, 4.69) is 26.6 Å². The molecule has 1 aromatic rings. The van der Waals surface area contributed by atoms with Crippen molar-refractivity contribution in [3.05, 3.63) is 28.7 Å². The van der Waals surface area contributed by atoms with Crippen molar-refractivity contribution >= 4 is 38.9 Å². The first kappa shape index (κ1) is 14.7. The third-order valence-electron chi connectivity index (χ3n) is 2.66. The average Bonchev–Trinajstić information content (AvgIpc) is 2.69. The van der Waals surface area contributed by atoms with Crippen LogP contribution in [0.25, 0.3) is 0 Å². The average molecular weight is 345 g/mol. The molecule has 1 fully saturated rings. The van der Waals surface area contributed by atoms with Crippen LogP contribution in [0.1, 0.15) is 13.8 Å². The molecule has 0 amide bonds. The number of benzene rings is 1. The highest BCUT2D eigenvalue weighted by atomic mass is 79.9. The summed E-state index contributed by atoms with van der Waals surface area (Å²) in [5.74, 6) is -0.493. The summed E-state index contributed by atoms with van der Waals surface area (Å²) in [6, 6.07) is 7.83. The molecular formula is C13H17BrN2O2S. The standard InChI is InChI=1S/C13H17BrN2O2S/c1-13(2)17-8-11(18-13)7-15-12(19)16-10-5-3-9(14)4-6-10/h3-6,11H,7-8H2,1-2H3,(H2,15,16,19). The van der Waals surface area contributed by atoms with Crippen LogP contribution in [0.4, 0.5) is 5.69 Å². The Balaban J connectivity index is 1.75. The normalized spacial score (nSPS) is 21.1. The van der Waals surface area contributed by atoms with Gasteiger partial charge in [-0.25, -0.2) is 0 Å². The first-order valence-corrected chi connectivity index (χ1v) is 7.27. The fourth-order valence-electron chi connectivity index (χ4n) is 1.78. The molecule has 104 valence electrons. The first-order valence-electron chi connectivity index (χ1n) is 6.07. The van der Waals surface area contributed by atoms with Crippen LogP contribution in [0.3, 0.4) is 0 Å². The minimum absolute atomic E-state index is 0.0275. The molecule has 2 rings (SSSR count). The summed E-state index contributed by atoms with van der Waals surface area (Å²) in [5.41, 5.74) is 0.949. The van der Waals surface area contributed by atoms with Gasteiger partial charge in [0.05, 0.1) is 6.61 Å². The number of anilines is 1. The highest BCUT2D eigenvalue weighted by Gasteiger charge is 2.32. The molecule has 19 heavy (non-hydrogen) atoms. The van der Waals surface area contributed by atoms with E-state index in [0.717, 1.165) is 10.2 Å². The second-order valence-electron chi connectivity index (χ2n) is 4.79. The van der Waals surface area contributed by atoms with Gasteiger partial charge in [-0.1, -0.05) is 15.9 Å². The molecule has 1 heterocycles. The van der Waals surface area contributed by atoms with E-state index in [-0.39, 0.29) is 6.10 Å². The summed E-state index contributed by atoms with van der Waals surface area (Å²) in [6.07, 6.45) is 0.0275. The van der Waals surface area contributed by atoms with Crippen LogP contribution in [-0.4, -0.2) is 30.2 Å². The van der Waals surface area contributed by atoms with Gasteiger partial charge in [0.15, 0.2) is 10.9 Å². The molecule has 1 unspecified atom stereocenters. The van der Waals surface area contributed by atoms with Crippen molar-refractivity contribution in [3.8, 4) is 0 Å². The maximum atomic E-state index is 5.69. The van der Waals surface area contributed by atoms with Gasteiger partial charge in [0.1, 0.15) is 6.10 Å². The number of thiocarbonyl (C=S) groups is 1. The molecular weight excluding hydrogens is 328 g/mol. The van der Waals surface area contributed by atoms with Crippen LogP contribution in [0.5, 0.6) is 0 Å². The van der Waals surface area contributed by atoms with Crippen molar-refractivity contribution in [2.75, 3.05) is 18.5 Å². The van der Waals surface area contributed by atoms with E-state index >= 15 is 0 Å². The lowest BCUT2D eigenvalue weighted by Gasteiger charge is -2.18. The largest absolute Gasteiger partial charge is 0.360 e. The molecule has 0 aromatic heterocycles. The number of ether oxygens (including phenoxy) is 2. The molecule has 0 spiro atoms. The summed E-state index contributed by atoms with van der Waals surface area (Å²) in [7, 11) is 0. The van der Waals surface area contributed by atoms with Crippen molar-refractivity contribution in [2.24, 2.45) is 0 Å². The van der Waals surface area contributed by atoms with Gasteiger partial charge in [-0.2, -0.15) is 0 Å². The zero-order valence-electron chi connectivity index (χ0n) is 10.9. The van der Waals surface area contributed by atoms with Crippen molar-refractivity contribution in [1.82, 2.24) is 5.32 Å². The van der Waals surface area contributed by atoms with Crippen molar-refractivity contribution < 1.29 is 9.47 Å². The van der Waals surface area contributed by atoms with Gasteiger partial charge in [0, 0.05) is 16.7 Å². The second-order valence-corrected chi connectivity index (χ2v) is 6.12. The minimum atomic E-state index is -0.493. The van der Waals surface area contributed by atoms with Gasteiger partial charge in [-0.3, -0.25) is 0 Å². The summed E-state index contributed by atoms with van der Waals surface area (Å²) in [4.78, 5) is 0. The van der Waals surface area contributed by atoms with E-state index in [1.165, 1.54) is 0 Å². The lowest BCUT2D eigenvalue weighted by molar-refractivity contribution is -0.137. The Hall–Kier alpha value is -0.690. The maximum Gasteiger partial charge on any atom is 0.170 e. The molecule has 1 atom stereocenters. The van der Waals surface area contributed by atoms with E-state index in [9.17, 15) is 0 Å². The quantitative estimate of drug-likeness (QED) is 0.825. The number of halogens is 1. The Morgan fingerprint density at radius 2 is 2.11 bits per heavy atom. The van der Waals surface area contributed by atoms with Crippen molar-refractivity contribution in [1.29, 1.82) is 0 Å². The lowest BCUT2D eigenvalue weighted by Crippen LogP contribution is -2.36. The number of hydrogen-bond donors (Lipinski definition) is 2. The molecule has 1 aromatic carbocycles. The van der Waals surface area contributed by atoms with Crippen LogP contribution in [0, 0.1) is 0 Å².